The Bertz CT molecular complexity index is 1230. The lowest BCUT2D eigenvalue weighted by Gasteiger charge is -2.23. The summed E-state index contributed by atoms with van der Waals surface area (Å²) in [6.45, 7) is 1.46. The molecule has 0 N–H and O–H groups in total. The van der Waals surface area contributed by atoms with Crippen LogP contribution in [0.25, 0.3) is 11.1 Å². The molecular weight excluding hydrogens is 430 g/mol. The van der Waals surface area contributed by atoms with Gasteiger partial charge in [-0.1, -0.05) is 30.3 Å². The van der Waals surface area contributed by atoms with Crippen molar-refractivity contribution in [2.24, 2.45) is 0 Å². The number of nitro groups is 1. The van der Waals surface area contributed by atoms with E-state index in [4.69, 9.17) is 9.15 Å². The van der Waals surface area contributed by atoms with Crippen molar-refractivity contribution in [2.75, 3.05) is 13.1 Å². The van der Waals surface area contributed by atoms with Gasteiger partial charge in [0.05, 0.1) is 16.5 Å². The van der Waals surface area contributed by atoms with Gasteiger partial charge in [0.25, 0.3) is 11.6 Å². The van der Waals surface area contributed by atoms with Crippen LogP contribution in [0.2, 0.25) is 0 Å². The van der Waals surface area contributed by atoms with Gasteiger partial charge in [-0.3, -0.25) is 24.3 Å². The van der Waals surface area contributed by atoms with E-state index in [0.717, 1.165) is 12.8 Å². The van der Waals surface area contributed by atoms with E-state index in [1.54, 1.807) is 29.2 Å². The molecule has 0 bridgehead atoms. The second kappa shape index (κ2) is 9.68. The van der Waals surface area contributed by atoms with Crippen molar-refractivity contribution >= 4 is 28.7 Å². The highest BCUT2D eigenvalue weighted by atomic mass is 16.6. The molecule has 0 unspecified atom stereocenters. The number of aromatic nitrogens is 1. The highest BCUT2D eigenvalue weighted by Crippen LogP contribution is 2.24. The molecular formula is C23H23N3O7. The van der Waals surface area contributed by atoms with E-state index in [1.807, 2.05) is 6.07 Å². The summed E-state index contributed by atoms with van der Waals surface area (Å²) in [5, 5.41) is 10.9. The van der Waals surface area contributed by atoms with Crippen LogP contribution in [-0.2, 0) is 20.9 Å². The fourth-order valence-corrected chi connectivity index (χ4v) is 3.94. The minimum absolute atomic E-state index is 0.0112. The summed E-state index contributed by atoms with van der Waals surface area (Å²) in [6.07, 6.45) is 1.11. The number of oxazole rings is 1. The first-order chi connectivity index (χ1) is 15.9. The number of hydrogen-bond acceptors (Lipinski definition) is 7. The van der Waals surface area contributed by atoms with Crippen molar-refractivity contribution in [1.29, 1.82) is 0 Å². The SMILES string of the molecule is O=C(CCCn1c(=O)oc2cc([N+](=O)[O-])ccc21)O[C@@H](C(=O)N1CCCC1)c1ccccc1. The molecule has 1 amide bonds. The third-order valence-electron chi connectivity index (χ3n) is 5.62. The Labute approximate surface area is 188 Å². The fraction of sp³-hybridized carbons (Fsp3) is 0.348. The maximum Gasteiger partial charge on any atom is 0.419 e. The zero-order valence-electron chi connectivity index (χ0n) is 17.8. The number of aryl methyl sites for hydroxylation is 1. The number of hydrogen-bond donors (Lipinski definition) is 0. The Morgan fingerprint density at radius 1 is 1.12 bits per heavy atom. The number of esters is 1. The predicted octanol–water partition coefficient (Wildman–Crippen LogP) is 3.19. The molecule has 1 aliphatic heterocycles. The van der Waals surface area contributed by atoms with Crippen LogP contribution < -0.4 is 5.76 Å². The Morgan fingerprint density at radius 3 is 2.55 bits per heavy atom. The van der Waals surface area contributed by atoms with E-state index in [-0.39, 0.29) is 36.6 Å². The molecule has 33 heavy (non-hydrogen) atoms. The molecule has 1 fully saturated rings. The molecule has 10 heteroatoms. The number of likely N-dealkylation sites (tertiary alicyclic amines) is 1. The minimum atomic E-state index is -1.00. The first kappa shape index (κ1) is 22.3. The van der Waals surface area contributed by atoms with Crippen molar-refractivity contribution in [2.45, 2.75) is 38.3 Å². The number of nitrogens with zero attached hydrogens (tertiary/aromatic N) is 3. The zero-order valence-corrected chi connectivity index (χ0v) is 17.8. The number of fused-ring (bicyclic) bond motifs is 1. The Hall–Kier alpha value is -3.95. The molecule has 0 radical (unpaired) electrons. The van der Waals surface area contributed by atoms with Crippen LogP contribution in [0.4, 0.5) is 5.69 Å². The van der Waals surface area contributed by atoms with Gasteiger partial charge in [0.2, 0.25) is 6.10 Å². The summed E-state index contributed by atoms with van der Waals surface area (Å²) >= 11 is 0. The largest absolute Gasteiger partial charge is 0.447 e. The first-order valence-corrected chi connectivity index (χ1v) is 10.7. The molecule has 4 rings (SSSR count). The van der Waals surface area contributed by atoms with E-state index >= 15 is 0 Å². The van der Waals surface area contributed by atoms with E-state index in [9.17, 15) is 24.5 Å². The van der Waals surface area contributed by atoms with Gasteiger partial charge in [0.15, 0.2) is 5.58 Å². The van der Waals surface area contributed by atoms with E-state index < -0.39 is 22.8 Å². The third kappa shape index (κ3) is 4.94. The van der Waals surface area contributed by atoms with Crippen molar-refractivity contribution < 1.29 is 23.7 Å². The van der Waals surface area contributed by atoms with Gasteiger partial charge in [-0.05, 0) is 25.3 Å². The molecule has 3 aromatic rings. The van der Waals surface area contributed by atoms with Crippen LogP contribution in [0.3, 0.4) is 0 Å². The summed E-state index contributed by atoms with van der Waals surface area (Å²) in [5.74, 6) is -1.44. The van der Waals surface area contributed by atoms with Gasteiger partial charge in [-0.2, -0.15) is 0 Å². The number of rotatable bonds is 8. The van der Waals surface area contributed by atoms with Crippen molar-refractivity contribution in [1.82, 2.24) is 9.47 Å². The van der Waals surface area contributed by atoms with Gasteiger partial charge >= 0.3 is 11.7 Å². The van der Waals surface area contributed by atoms with Crippen molar-refractivity contribution in [3.05, 3.63) is 74.8 Å². The third-order valence-corrected chi connectivity index (χ3v) is 5.62. The summed E-state index contributed by atoms with van der Waals surface area (Å²) < 4.78 is 12.0. The molecule has 2 aromatic carbocycles. The van der Waals surface area contributed by atoms with E-state index in [1.165, 1.54) is 22.8 Å². The van der Waals surface area contributed by atoms with Gasteiger partial charge in [0, 0.05) is 37.7 Å². The normalized spacial score (nSPS) is 14.4. The lowest BCUT2D eigenvalue weighted by molar-refractivity contribution is -0.384. The summed E-state index contributed by atoms with van der Waals surface area (Å²) in [5.41, 5.74) is 0.950. The zero-order chi connectivity index (χ0) is 23.4. The second-order valence-electron chi connectivity index (χ2n) is 7.85. The standard InChI is InChI=1S/C23H23N3O7/c27-20(33-21(16-7-2-1-3-8-16)22(28)24-12-4-5-13-24)9-6-14-25-18-11-10-17(26(30)31)15-19(18)32-23(25)29/h1-3,7-8,10-11,15,21H,4-6,9,12-14H2/t21-/m1/s1. The van der Waals surface area contributed by atoms with E-state index in [0.29, 0.717) is 24.2 Å². The van der Waals surface area contributed by atoms with Crippen LogP contribution in [0.15, 0.2) is 57.7 Å². The lowest BCUT2D eigenvalue weighted by atomic mass is 10.1. The monoisotopic (exact) mass is 453 g/mol. The number of ether oxygens (including phenoxy) is 1. The van der Waals surface area contributed by atoms with Crippen molar-refractivity contribution in [3.63, 3.8) is 0 Å². The molecule has 1 saturated heterocycles. The van der Waals surface area contributed by atoms with Crippen LogP contribution in [0.1, 0.15) is 37.4 Å². The summed E-state index contributed by atoms with van der Waals surface area (Å²) in [4.78, 5) is 49.7. The van der Waals surface area contributed by atoms with Gasteiger partial charge in [-0.15, -0.1) is 0 Å². The Kier molecular flexibility index (Phi) is 6.53. The number of benzene rings is 2. The van der Waals surface area contributed by atoms with Crippen LogP contribution in [0, 0.1) is 10.1 Å². The topological polar surface area (TPSA) is 125 Å². The molecule has 0 spiro atoms. The Morgan fingerprint density at radius 2 is 1.85 bits per heavy atom. The molecule has 10 nitrogen and oxygen atoms in total. The molecule has 1 aliphatic rings. The molecule has 0 saturated carbocycles. The van der Waals surface area contributed by atoms with Crippen LogP contribution in [0.5, 0.6) is 0 Å². The Balaban J connectivity index is 1.41. The number of amides is 1. The summed E-state index contributed by atoms with van der Waals surface area (Å²) in [6, 6.07) is 12.8. The highest BCUT2D eigenvalue weighted by molar-refractivity contribution is 5.85. The maximum atomic E-state index is 13.0. The summed E-state index contributed by atoms with van der Waals surface area (Å²) in [7, 11) is 0. The maximum absolute atomic E-state index is 13.0. The number of nitro benzene ring substituents is 1. The van der Waals surface area contributed by atoms with Gasteiger partial charge in [-0.25, -0.2) is 4.79 Å². The second-order valence-corrected chi connectivity index (χ2v) is 7.85. The molecule has 172 valence electrons. The average Bonchev–Trinajstić information content (AvgIpc) is 3.45. The first-order valence-electron chi connectivity index (χ1n) is 10.7. The molecule has 2 heterocycles. The van der Waals surface area contributed by atoms with Crippen LogP contribution >= 0.6 is 0 Å². The van der Waals surface area contributed by atoms with E-state index in [2.05, 4.69) is 0 Å². The van der Waals surface area contributed by atoms with Crippen molar-refractivity contribution in [3.8, 4) is 0 Å². The number of carbonyl (C=O) groups is 2. The quantitative estimate of drug-likeness (QED) is 0.291. The molecule has 0 aliphatic carbocycles. The minimum Gasteiger partial charge on any atom is -0.447 e. The predicted molar refractivity (Wildman–Crippen MR) is 117 cm³/mol. The highest BCUT2D eigenvalue weighted by Gasteiger charge is 2.30. The smallest absolute Gasteiger partial charge is 0.419 e. The average molecular weight is 453 g/mol. The number of carbonyl (C=O) groups excluding carboxylic acids is 2. The van der Waals surface area contributed by atoms with Gasteiger partial charge in [0.1, 0.15) is 0 Å². The molecule has 1 atom stereocenters. The number of non-ortho nitro benzene ring substituents is 1. The fourth-order valence-electron chi connectivity index (χ4n) is 3.94. The lowest BCUT2D eigenvalue weighted by Crippen LogP contribution is -2.34. The van der Waals surface area contributed by atoms with Gasteiger partial charge < -0.3 is 14.1 Å². The van der Waals surface area contributed by atoms with Crippen LogP contribution in [-0.4, -0.2) is 39.4 Å². The molecule has 1 aromatic heterocycles.